The van der Waals surface area contributed by atoms with Gasteiger partial charge in [-0.25, -0.2) is 0 Å². The van der Waals surface area contributed by atoms with E-state index in [0.717, 1.165) is 5.56 Å². The van der Waals surface area contributed by atoms with Crippen LogP contribution in [0.3, 0.4) is 0 Å². The van der Waals surface area contributed by atoms with Gasteiger partial charge in [0.25, 0.3) is 0 Å². The van der Waals surface area contributed by atoms with Crippen molar-refractivity contribution in [2.45, 2.75) is 6.92 Å². The number of ether oxygens (including phenoxy) is 1. The first-order valence-electron chi connectivity index (χ1n) is 5.16. The van der Waals surface area contributed by atoms with E-state index in [1.165, 1.54) is 11.3 Å². The molecule has 3 nitrogen and oxygen atoms in total. The third-order valence-electron chi connectivity index (χ3n) is 2.59. The number of aryl methyl sites for hydroxylation is 1. The molecule has 0 fully saturated rings. The van der Waals surface area contributed by atoms with E-state index in [-0.39, 0.29) is 5.78 Å². The number of thiophene rings is 1. The monoisotopic (exact) mass is 247 g/mol. The smallest absolute Gasteiger partial charge is 0.209 e. The summed E-state index contributed by atoms with van der Waals surface area (Å²) in [5.41, 5.74) is 7.81. The van der Waals surface area contributed by atoms with Crippen molar-refractivity contribution in [2.75, 3.05) is 12.8 Å². The summed E-state index contributed by atoms with van der Waals surface area (Å²) in [5.74, 6) is 0.523. The molecular weight excluding hydrogens is 234 g/mol. The lowest BCUT2D eigenvalue weighted by Gasteiger charge is -2.08. The second kappa shape index (κ2) is 4.59. The fourth-order valence-corrected chi connectivity index (χ4v) is 2.54. The number of hydrogen-bond acceptors (Lipinski definition) is 4. The van der Waals surface area contributed by atoms with E-state index < -0.39 is 0 Å². The van der Waals surface area contributed by atoms with Gasteiger partial charge in [-0.15, -0.1) is 11.3 Å². The molecular formula is C13H13NO2S. The summed E-state index contributed by atoms with van der Waals surface area (Å²) in [4.78, 5) is 13.0. The zero-order valence-corrected chi connectivity index (χ0v) is 10.5. The zero-order valence-electron chi connectivity index (χ0n) is 9.69. The maximum absolute atomic E-state index is 12.4. The third-order valence-corrected chi connectivity index (χ3v) is 3.48. The molecule has 0 spiro atoms. The van der Waals surface area contributed by atoms with Crippen molar-refractivity contribution in [3.63, 3.8) is 0 Å². The molecule has 0 unspecified atom stereocenters. The minimum atomic E-state index is -0.0764. The second-order valence-electron chi connectivity index (χ2n) is 3.69. The van der Waals surface area contributed by atoms with Gasteiger partial charge >= 0.3 is 0 Å². The van der Waals surface area contributed by atoms with Gasteiger partial charge in [0.15, 0.2) is 0 Å². The first-order valence-corrected chi connectivity index (χ1v) is 6.04. The van der Waals surface area contributed by atoms with Crippen LogP contribution in [0.1, 0.15) is 20.8 Å². The summed E-state index contributed by atoms with van der Waals surface area (Å²) < 4.78 is 5.16. The van der Waals surface area contributed by atoms with Crippen molar-refractivity contribution in [1.29, 1.82) is 0 Å². The van der Waals surface area contributed by atoms with E-state index in [1.54, 1.807) is 19.2 Å². The summed E-state index contributed by atoms with van der Waals surface area (Å²) in [5, 5.41) is 1.83. The molecule has 0 amide bonds. The molecule has 0 radical (unpaired) electrons. The van der Waals surface area contributed by atoms with Crippen molar-refractivity contribution in [2.24, 2.45) is 0 Å². The number of carbonyl (C=O) groups is 1. The van der Waals surface area contributed by atoms with Crippen molar-refractivity contribution in [3.05, 3.63) is 45.6 Å². The number of anilines is 1. The van der Waals surface area contributed by atoms with Crippen molar-refractivity contribution in [3.8, 4) is 5.75 Å². The lowest BCUT2D eigenvalue weighted by atomic mass is 10.0. The first-order chi connectivity index (χ1) is 8.15. The normalized spacial score (nSPS) is 10.2. The zero-order chi connectivity index (χ0) is 12.4. The van der Waals surface area contributed by atoms with Gasteiger partial charge in [0.05, 0.1) is 7.11 Å². The van der Waals surface area contributed by atoms with E-state index in [2.05, 4.69) is 0 Å². The average molecular weight is 247 g/mol. The fourth-order valence-electron chi connectivity index (χ4n) is 1.74. The predicted octanol–water partition coefficient (Wildman–Crippen LogP) is 2.88. The van der Waals surface area contributed by atoms with Crippen LogP contribution in [0, 0.1) is 6.92 Å². The van der Waals surface area contributed by atoms with Crippen LogP contribution in [0.25, 0.3) is 0 Å². The molecule has 1 heterocycles. The molecule has 2 N–H and O–H groups in total. The summed E-state index contributed by atoms with van der Waals surface area (Å²) in [6.07, 6.45) is 0. The Kier molecular flexibility index (Phi) is 3.15. The average Bonchev–Trinajstić information content (AvgIpc) is 2.76. The number of nitrogens with two attached hydrogens (primary N) is 1. The van der Waals surface area contributed by atoms with E-state index in [1.807, 2.05) is 24.4 Å². The third kappa shape index (κ3) is 2.03. The Morgan fingerprint density at radius 2 is 2.12 bits per heavy atom. The van der Waals surface area contributed by atoms with Crippen LogP contribution in [-0.4, -0.2) is 12.9 Å². The van der Waals surface area contributed by atoms with Gasteiger partial charge in [0, 0.05) is 11.3 Å². The van der Waals surface area contributed by atoms with Crippen LogP contribution >= 0.6 is 11.3 Å². The maximum atomic E-state index is 12.4. The quantitative estimate of drug-likeness (QED) is 0.670. The standard InChI is InChI=1S/C13H13NO2S/c1-8-4-3-5-9(14)11(8)12(15)13-10(16-2)6-7-17-13/h3-7H,14H2,1-2H3. The molecule has 0 saturated carbocycles. The molecule has 4 heteroatoms. The Bertz CT molecular complexity index is 540. The number of hydrogen-bond donors (Lipinski definition) is 1. The van der Waals surface area contributed by atoms with Gasteiger partial charge in [-0.3, -0.25) is 4.79 Å². The molecule has 0 bridgehead atoms. The molecule has 0 aliphatic carbocycles. The number of ketones is 1. The summed E-state index contributed by atoms with van der Waals surface area (Å²) in [6, 6.07) is 7.24. The number of nitrogen functional groups attached to an aromatic ring is 1. The van der Waals surface area contributed by atoms with Gasteiger partial charge < -0.3 is 10.5 Å². The highest BCUT2D eigenvalue weighted by atomic mass is 32.1. The Hall–Kier alpha value is -1.81. The van der Waals surface area contributed by atoms with Gasteiger partial charge in [-0.1, -0.05) is 12.1 Å². The number of rotatable bonds is 3. The Morgan fingerprint density at radius 3 is 2.76 bits per heavy atom. The van der Waals surface area contributed by atoms with Crippen LogP contribution in [0.5, 0.6) is 5.75 Å². The molecule has 1 aromatic heterocycles. The number of methoxy groups -OCH3 is 1. The molecule has 0 atom stereocenters. The highest BCUT2D eigenvalue weighted by molar-refractivity contribution is 7.12. The molecule has 88 valence electrons. The lowest BCUT2D eigenvalue weighted by molar-refractivity contribution is 0.104. The molecule has 0 saturated heterocycles. The van der Waals surface area contributed by atoms with Gasteiger partial charge in [0.1, 0.15) is 10.6 Å². The molecule has 17 heavy (non-hydrogen) atoms. The van der Waals surface area contributed by atoms with Crippen molar-refractivity contribution in [1.82, 2.24) is 0 Å². The summed E-state index contributed by atoms with van der Waals surface area (Å²) in [7, 11) is 1.56. The van der Waals surface area contributed by atoms with E-state index in [9.17, 15) is 4.79 Å². The number of benzene rings is 1. The SMILES string of the molecule is COc1ccsc1C(=O)c1c(C)cccc1N. The lowest BCUT2D eigenvalue weighted by Crippen LogP contribution is -2.07. The first kappa shape index (κ1) is 11.7. The van der Waals surface area contributed by atoms with Crippen LogP contribution in [0.15, 0.2) is 29.6 Å². The van der Waals surface area contributed by atoms with Gasteiger partial charge in [0.2, 0.25) is 5.78 Å². The Morgan fingerprint density at radius 1 is 1.35 bits per heavy atom. The van der Waals surface area contributed by atoms with E-state index in [0.29, 0.717) is 21.9 Å². The minimum absolute atomic E-state index is 0.0764. The highest BCUT2D eigenvalue weighted by Crippen LogP contribution is 2.30. The molecule has 0 aliphatic rings. The molecule has 2 aromatic rings. The highest BCUT2D eigenvalue weighted by Gasteiger charge is 2.19. The Balaban J connectivity index is 2.51. The molecule has 2 rings (SSSR count). The minimum Gasteiger partial charge on any atom is -0.495 e. The van der Waals surface area contributed by atoms with Gasteiger partial charge in [-0.2, -0.15) is 0 Å². The topological polar surface area (TPSA) is 52.3 Å². The maximum Gasteiger partial charge on any atom is 0.209 e. The van der Waals surface area contributed by atoms with Gasteiger partial charge in [-0.05, 0) is 30.0 Å². The molecule has 0 aliphatic heterocycles. The number of carbonyl (C=O) groups excluding carboxylic acids is 1. The second-order valence-corrected chi connectivity index (χ2v) is 4.60. The fraction of sp³-hybridized carbons (Fsp3) is 0.154. The van der Waals surface area contributed by atoms with E-state index >= 15 is 0 Å². The Labute approximate surface area is 104 Å². The van der Waals surface area contributed by atoms with E-state index in [4.69, 9.17) is 10.5 Å². The van der Waals surface area contributed by atoms with Crippen LogP contribution < -0.4 is 10.5 Å². The summed E-state index contributed by atoms with van der Waals surface area (Å²) in [6.45, 7) is 1.88. The van der Waals surface area contributed by atoms with Crippen LogP contribution in [-0.2, 0) is 0 Å². The predicted molar refractivity (Wildman–Crippen MR) is 69.9 cm³/mol. The van der Waals surface area contributed by atoms with Crippen molar-refractivity contribution >= 4 is 22.8 Å². The molecule has 1 aromatic carbocycles. The summed E-state index contributed by atoms with van der Waals surface area (Å²) >= 11 is 1.36. The van der Waals surface area contributed by atoms with Crippen LogP contribution in [0.2, 0.25) is 0 Å². The van der Waals surface area contributed by atoms with Crippen LogP contribution in [0.4, 0.5) is 5.69 Å². The largest absolute Gasteiger partial charge is 0.495 e. The van der Waals surface area contributed by atoms with Crippen molar-refractivity contribution < 1.29 is 9.53 Å².